The Kier molecular flexibility index (Phi) is 4.29. The molecule has 0 unspecified atom stereocenters. The second kappa shape index (κ2) is 6.64. The number of aromatic amines is 1. The van der Waals surface area contributed by atoms with E-state index in [1.165, 1.54) is 6.20 Å². The van der Waals surface area contributed by atoms with E-state index in [2.05, 4.69) is 25.0 Å². The summed E-state index contributed by atoms with van der Waals surface area (Å²) >= 11 is 0. The SMILES string of the molecule is Cc1ncn(CC2CCN(c3nc4c(cnn4C)c(=O)[nH]3)CC2)c(=O)c1C. The van der Waals surface area contributed by atoms with Crippen molar-refractivity contribution in [3.8, 4) is 0 Å². The first-order valence-electron chi connectivity index (χ1n) is 9.13. The number of nitrogens with one attached hydrogen (secondary N) is 1. The minimum atomic E-state index is -0.169. The van der Waals surface area contributed by atoms with E-state index in [4.69, 9.17) is 0 Å². The number of aryl methyl sites for hydroxylation is 2. The summed E-state index contributed by atoms with van der Waals surface area (Å²) in [4.78, 5) is 38.4. The highest BCUT2D eigenvalue weighted by Crippen LogP contribution is 2.22. The molecule has 142 valence electrons. The molecule has 9 nitrogen and oxygen atoms in total. The van der Waals surface area contributed by atoms with Gasteiger partial charge >= 0.3 is 0 Å². The van der Waals surface area contributed by atoms with Crippen LogP contribution in [0.5, 0.6) is 0 Å². The van der Waals surface area contributed by atoms with Crippen LogP contribution in [0.3, 0.4) is 0 Å². The number of fused-ring (bicyclic) bond motifs is 1. The summed E-state index contributed by atoms with van der Waals surface area (Å²) in [5, 5.41) is 4.60. The van der Waals surface area contributed by atoms with Gasteiger partial charge in [-0.1, -0.05) is 0 Å². The second-order valence-corrected chi connectivity index (χ2v) is 7.24. The lowest BCUT2D eigenvalue weighted by Crippen LogP contribution is -2.38. The topological polar surface area (TPSA) is 102 Å². The third kappa shape index (κ3) is 3.13. The van der Waals surface area contributed by atoms with Crippen molar-refractivity contribution in [1.82, 2.24) is 29.3 Å². The molecule has 0 saturated carbocycles. The van der Waals surface area contributed by atoms with Gasteiger partial charge in [-0.15, -0.1) is 0 Å². The molecule has 27 heavy (non-hydrogen) atoms. The summed E-state index contributed by atoms with van der Waals surface area (Å²) in [5.41, 5.74) is 1.95. The van der Waals surface area contributed by atoms with Crippen molar-refractivity contribution in [2.75, 3.05) is 18.0 Å². The summed E-state index contributed by atoms with van der Waals surface area (Å²) in [6.07, 6.45) is 5.03. The summed E-state index contributed by atoms with van der Waals surface area (Å²) in [6, 6.07) is 0. The van der Waals surface area contributed by atoms with Crippen LogP contribution in [0.25, 0.3) is 11.0 Å². The first-order chi connectivity index (χ1) is 12.9. The normalized spacial score (nSPS) is 15.6. The molecule has 0 bridgehead atoms. The van der Waals surface area contributed by atoms with Crippen LogP contribution in [0.15, 0.2) is 22.1 Å². The van der Waals surface area contributed by atoms with Gasteiger partial charge in [0, 0.05) is 37.9 Å². The van der Waals surface area contributed by atoms with Crippen LogP contribution in [-0.4, -0.2) is 42.4 Å². The number of hydrogen-bond donors (Lipinski definition) is 1. The Morgan fingerprint density at radius 1 is 1.22 bits per heavy atom. The zero-order chi connectivity index (χ0) is 19.1. The molecule has 0 aromatic carbocycles. The van der Waals surface area contributed by atoms with Gasteiger partial charge in [0.2, 0.25) is 5.95 Å². The first-order valence-corrected chi connectivity index (χ1v) is 9.13. The van der Waals surface area contributed by atoms with Gasteiger partial charge in [-0.3, -0.25) is 23.8 Å². The molecule has 0 atom stereocenters. The van der Waals surface area contributed by atoms with Gasteiger partial charge < -0.3 is 4.90 Å². The van der Waals surface area contributed by atoms with Gasteiger partial charge in [-0.05, 0) is 32.6 Å². The van der Waals surface area contributed by atoms with E-state index >= 15 is 0 Å². The maximum absolute atomic E-state index is 12.4. The molecule has 1 saturated heterocycles. The van der Waals surface area contributed by atoms with E-state index in [0.717, 1.165) is 31.6 Å². The zero-order valence-corrected chi connectivity index (χ0v) is 15.8. The van der Waals surface area contributed by atoms with Crippen LogP contribution >= 0.6 is 0 Å². The van der Waals surface area contributed by atoms with Gasteiger partial charge in [-0.25, -0.2) is 4.98 Å². The largest absolute Gasteiger partial charge is 0.342 e. The Morgan fingerprint density at radius 2 is 1.96 bits per heavy atom. The zero-order valence-electron chi connectivity index (χ0n) is 15.8. The molecule has 0 amide bonds. The van der Waals surface area contributed by atoms with E-state index in [9.17, 15) is 9.59 Å². The van der Waals surface area contributed by atoms with E-state index < -0.39 is 0 Å². The van der Waals surface area contributed by atoms with Crippen LogP contribution in [-0.2, 0) is 13.6 Å². The maximum atomic E-state index is 12.4. The fourth-order valence-electron chi connectivity index (χ4n) is 3.58. The second-order valence-electron chi connectivity index (χ2n) is 7.24. The number of rotatable bonds is 3. The first kappa shape index (κ1) is 17.4. The molecule has 0 radical (unpaired) electrons. The minimum absolute atomic E-state index is 0.0394. The highest BCUT2D eigenvalue weighted by molar-refractivity contribution is 5.74. The molecule has 3 aromatic heterocycles. The van der Waals surface area contributed by atoms with Gasteiger partial charge in [0.25, 0.3) is 11.1 Å². The van der Waals surface area contributed by atoms with Gasteiger partial charge in [-0.2, -0.15) is 10.1 Å². The van der Waals surface area contributed by atoms with E-state index in [0.29, 0.717) is 35.0 Å². The van der Waals surface area contributed by atoms with Crippen LogP contribution in [0.2, 0.25) is 0 Å². The predicted molar refractivity (Wildman–Crippen MR) is 102 cm³/mol. The molecular weight excluding hydrogens is 346 g/mol. The van der Waals surface area contributed by atoms with Gasteiger partial charge in [0.15, 0.2) is 5.65 Å². The number of hydrogen-bond acceptors (Lipinski definition) is 6. The molecule has 4 rings (SSSR count). The van der Waals surface area contributed by atoms with Crippen molar-refractivity contribution in [2.24, 2.45) is 13.0 Å². The molecule has 9 heteroatoms. The molecule has 1 fully saturated rings. The van der Waals surface area contributed by atoms with Gasteiger partial charge in [0.05, 0.1) is 12.5 Å². The van der Waals surface area contributed by atoms with E-state index in [1.807, 2.05) is 13.8 Å². The van der Waals surface area contributed by atoms with E-state index in [1.54, 1.807) is 22.6 Å². The summed E-state index contributed by atoms with van der Waals surface area (Å²) < 4.78 is 3.32. The molecule has 3 aromatic rings. The van der Waals surface area contributed by atoms with Gasteiger partial charge in [0.1, 0.15) is 5.39 Å². The summed E-state index contributed by atoms with van der Waals surface area (Å²) in [5.74, 6) is 0.981. The monoisotopic (exact) mass is 369 g/mol. The van der Waals surface area contributed by atoms with Crippen molar-refractivity contribution in [3.63, 3.8) is 0 Å². The highest BCUT2D eigenvalue weighted by atomic mass is 16.1. The fourth-order valence-corrected chi connectivity index (χ4v) is 3.58. The summed E-state index contributed by atoms with van der Waals surface area (Å²) in [6.45, 7) is 5.91. The highest BCUT2D eigenvalue weighted by Gasteiger charge is 2.22. The van der Waals surface area contributed by atoms with Crippen molar-refractivity contribution in [1.29, 1.82) is 0 Å². The van der Waals surface area contributed by atoms with Crippen molar-refractivity contribution < 1.29 is 0 Å². The number of anilines is 1. The molecule has 1 aliphatic rings. The number of aromatic nitrogens is 6. The smallest absolute Gasteiger partial charge is 0.263 e. The predicted octanol–water partition coefficient (Wildman–Crippen LogP) is 0.747. The third-order valence-corrected chi connectivity index (χ3v) is 5.47. The average Bonchev–Trinajstić information content (AvgIpc) is 3.04. The Balaban J connectivity index is 1.48. The Hall–Kier alpha value is -2.97. The lowest BCUT2D eigenvalue weighted by Gasteiger charge is -2.32. The number of H-pyrrole nitrogens is 1. The van der Waals surface area contributed by atoms with E-state index in [-0.39, 0.29) is 11.1 Å². The third-order valence-electron chi connectivity index (χ3n) is 5.47. The van der Waals surface area contributed by atoms with Crippen LogP contribution in [0, 0.1) is 19.8 Å². The van der Waals surface area contributed by atoms with Crippen LogP contribution < -0.4 is 16.0 Å². The molecule has 0 aliphatic carbocycles. The number of nitrogens with zero attached hydrogens (tertiary/aromatic N) is 6. The minimum Gasteiger partial charge on any atom is -0.342 e. The Bertz CT molecular complexity index is 1100. The Labute approximate surface area is 155 Å². The number of piperidine rings is 1. The van der Waals surface area contributed by atoms with Crippen LogP contribution in [0.4, 0.5) is 5.95 Å². The fraction of sp³-hybridized carbons (Fsp3) is 0.500. The lowest BCUT2D eigenvalue weighted by molar-refractivity contribution is 0.348. The Morgan fingerprint density at radius 3 is 2.70 bits per heavy atom. The van der Waals surface area contributed by atoms with Crippen LogP contribution in [0.1, 0.15) is 24.1 Å². The standard InChI is InChI=1S/C18H23N7O2/c1-11-12(2)19-10-25(17(11)27)9-13-4-6-24(7-5-13)18-21-15-14(16(26)22-18)8-20-23(15)3/h8,10,13H,4-7,9H2,1-3H3,(H,21,22,26). The maximum Gasteiger partial charge on any atom is 0.263 e. The summed E-state index contributed by atoms with van der Waals surface area (Å²) in [7, 11) is 1.78. The molecule has 0 spiro atoms. The molecule has 1 aliphatic heterocycles. The molecule has 4 heterocycles. The van der Waals surface area contributed by atoms with Crippen molar-refractivity contribution in [2.45, 2.75) is 33.2 Å². The van der Waals surface area contributed by atoms with Crippen molar-refractivity contribution in [3.05, 3.63) is 44.5 Å². The quantitative estimate of drug-likeness (QED) is 0.731. The lowest BCUT2D eigenvalue weighted by atomic mass is 9.97. The average molecular weight is 369 g/mol. The van der Waals surface area contributed by atoms with Crippen molar-refractivity contribution >= 4 is 17.0 Å². The molecular formula is C18H23N7O2. The molecule has 1 N–H and O–H groups in total.